The molecule has 2 aromatic carbocycles. The molecule has 0 radical (unpaired) electrons. The number of anilines is 1. The number of benzene rings is 2. The van der Waals surface area contributed by atoms with Crippen LogP contribution in [0.2, 0.25) is 0 Å². The molecule has 0 unspecified atom stereocenters. The lowest BCUT2D eigenvalue weighted by atomic mass is 10.0. The minimum atomic E-state index is -0.282. The minimum Gasteiger partial charge on any atom is -0.497 e. The third-order valence-corrected chi connectivity index (χ3v) is 6.25. The molecule has 8 heteroatoms. The van der Waals surface area contributed by atoms with E-state index in [2.05, 4.69) is 10.3 Å². The number of aromatic nitrogens is 2. The van der Waals surface area contributed by atoms with Crippen LogP contribution >= 0.6 is 12.2 Å². The first-order valence-corrected chi connectivity index (χ1v) is 11.2. The highest BCUT2D eigenvalue weighted by molar-refractivity contribution is 7.80. The second kappa shape index (κ2) is 9.15. The number of nitrogens with zero attached hydrogens (tertiary/aromatic N) is 3. The lowest BCUT2D eigenvalue weighted by molar-refractivity contribution is 0.402. The molecule has 6 nitrogen and oxygen atoms in total. The van der Waals surface area contributed by atoms with E-state index in [4.69, 9.17) is 21.7 Å². The number of thiocarbonyl (C=S) groups is 1. The van der Waals surface area contributed by atoms with Gasteiger partial charge in [-0.25, -0.2) is 4.39 Å². The maximum atomic E-state index is 13.6. The van der Waals surface area contributed by atoms with Crippen molar-refractivity contribution in [2.75, 3.05) is 19.1 Å². The Hall–Kier alpha value is -3.91. The minimum absolute atomic E-state index is 0.237. The fourth-order valence-corrected chi connectivity index (χ4v) is 4.71. The van der Waals surface area contributed by atoms with Gasteiger partial charge in [0.1, 0.15) is 23.4 Å². The van der Waals surface area contributed by atoms with E-state index in [0.29, 0.717) is 16.6 Å². The Balaban J connectivity index is 1.70. The molecule has 34 heavy (non-hydrogen) atoms. The Bertz CT molecular complexity index is 1310. The second-order valence-corrected chi connectivity index (χ2v) is 8.20. The van der Waals surface area contributed by atoms with Crippen LogP contribution in [0, 0.1) is 5.82 Å². The monoisotopic (exact) mass is 474 g/mol. The van der Waals surface area contributed by atoms with E-state index >= 15 is 0 Å². The number of nitrogens with one attached hydrogen (secondary N) is 1. The van der Waals surface area contributed by atoms with Crippen molar-refractivity contribution in [3.63, 3.8) is 0 Å². The lowest BCUT2D eigenvalue weighted by Gasteiger charge is -2.30. The van der Waals surface area contributed by atoms with E-state index in [-0.39, 0.29) is 17.9 Å². The fraction of sp³-hybridized carbons (Fsp3) is 0.154. The lowest BCUT2D eigenvalue weighted by Crippen LogP contribution is -2.30. The van der Waals surface area contributed by atoms with Crippen LogP contribution < -0.4 is 19.7 Å². The van der Waals surface area contributed by atoms with Crippen molar-refractivity contribution in [2.24, 2.45) is 0 Å². The van der Waals surface area contributed by atoms with Crippen molar-refractivity contribution in [3.8, 4) is 17.2 Å². The molecule has 0 aliphatic carbocycles. The summed E-state index contributed by atoms with van der Waals surface area (Å²) in [6.45, 7) is 0. The Labute approximate surface area is 202 Å². The first-order chi connectivity index (χ1) is 16.6. The Morgan fingerprint density at radius 3 is 2.50 bits per heavy atom. The molecule has 0 amide bonds. The van der Waals surface area contributed by atoms with Crippen molar-refractivity contribution < 1.29 is 13.9 Å². The van der Waals surface area contributed by atoms with Crippen LogP contribution in [0.3, 0.4) is 0 Å². The summed E-state index contributed by atoms with van der Waals surface area (Å²) >= 11 is 5.85. The van der Waals surface area contributed by atoms with Crippen LogP contribution in [0.4, 0.5) is 10.1 Å². The molecule has 5 rings (SSSR count). The van der Waals surface area contributed by atoms with Crippen LogP contribution in [0.25, 0.3) is 5.69 Å². The molecule has 3 heterocycles. The van der Waals surface area contributed by atoms with Gasteiger partial charge in [-0.15, -0.1) is 0 Å². The van der Waals surface area contributed by atoms with Crippen LogP contribution in [-0.2, 0) is 0 Å². The highest BCUT2D eigenvalue weighted by atomic mass is 32.1. The molecule has 4 aromatic rings. The predicted molar refractivity (Wildman–Crippen MR) is 133 cm³/mol. The normalized spacial score (nSPS) is 17.5. The van der Waals surface area contributed by atoms with Gasteiger partial charge in [0.2, 0.25) is 0 Å². The number of rotatable bonds is 6. The number of hydrogen-bond donors (Lipinski definition) is 1. The molecule has 0 bridgehead atoms. The Morgan fingerprint density at radius 2 is 1.79 bits per heavy atom. The van der Waals surface area contributed by atoms with Crippen LogP contribution in [0.15, 0.2) is 85.2 Å². The van der Waals surface area contributed by atoms with E-state index < -0.39 is 0 Å². The van der Waals surface area contributed by atoms with E-state index in [0.717, 1.165) is 22.8 Å². The smallest absolute Gasteiger partial charge is 0.174 e. The molecule has 2 atom stereocenters. The standard InChI is InChI=1S/C26H23FN4O2S/c1-32-19-12-13-23(33-2)22(16-19)31-25(24(29-26(31)34)20-6-3-4-14-28-20)21-7-5-15-30(21)18-10-8-17(27)9-11-18/h3-16,24-25H,1-2H3,(H,29,34)/t24-,25-/m1/s1. The number of hydrogen-bond acceptors (Lipinski definition) is 4. The summed E-state index contributed by atoms with van der Waals surface area (Å²) in [5.41, 5.74) is 3.43. The maximum Gasteiger partial charge on any atom is 0.174 e. The number of methoxy groups -OCH3 is 2. The molecule has 1 saturated heterocycles. The van der Waals surface area contributed by atoms with Gasteiger partial charge >= 0.3 is 0 Å². The van der Waals surface area contributed by atoms with Gasteiger partial charge in [0.15, 0.2) is 5.11 Å². The second-order valence-electron chi connectivity index (χ2n) is 7.81. The van der Waals surface area contributed by atoms with Crippen molar-refractivity contribution in [1.82, 2.24) is 14.9 Å². The summed E-state index contributed by atoms with van der Waals surface area (Å²) in [5.74, 6) is 1.07. The van der Waals surface area contributed by atoms with Crippen molar-refractivity contribution >= 4 is 23.0 Å². The molecule has 1 fully saturated rings. The summed E-state index contributed by atoms with van der Waals surface area (Å²) in [4.78, 5) is 6.64. The van der Waals surface area contributed by atoms with E-state index in [9.17, 15) is 4.39 Å². The molecular formula is C26H23FN4O2S. The predicted octanol–water partition coefficient (Wildman–Crippen LogP) is 5.21. The Morgan fingerprint density at radius 1 is 0.971 bits per heavy atom. The molecule has 1 aliphatic rings. The zero-order valence-electron chi connectivity index (χ0n) is 18.7. The Kier molecular flexibility index (Phi) is 5.90. The van der Waals surface area contributed by atoms with E-state index in [1.165, 1.54) is 12.1 Å². The summed E-state index contributed by atoms with van der Waals surface area (Å²) in [6, 6.07) is 21.4. The molecule has 1 N–H and O–H groups in total. The molecule has 0 saturated carbocycles. The van der Waals surface area contributed by atoms with Gasteiger partial charge in [-0.3, -0.25) is 4.98 Å². The topological polar surface area (TPSA) is 51.6 Å². The van der Waals surface area contributed by atoms with Crippen LogP contribution in [0.1, 0.15) is 23.5 Å². The van der Waals surface area contributed by atoms with E-state index in [1.807, 2.05) is 64.2 Å². The van der Waals surface area contributed by atoms with Gasteiger partial charge in [-0.05, 0) is 72.9 Å². The van der Waals surface area contributed by atoms with Gasteiger partial charge in [-0.1, -0.05) is 6.07 Å². The third-order valence-electron chi connectivity index (χ3n) is 5.93. The largest absolute Gasteiger partial charge is 0.497 e. The number of ether oxygens (including phenoxy) is 2. The summed E-state index contributed by atoms with van der Waals surface area (Å²) < 4.78 is 26.8. The van der Waals surface area contributed by atoms with Gasteiger partial charge in [0.05, 0.1) is 31.6 Å². The average molecular weight is 475 g/mol. The first-order valence-electron chi connectivity index (χ1n) is 10.8. The summed E-state index contributed by atoms with van der Waals surface area (Å²) in [7, 11) is 3.25. The van der Waals surface area contributed by atoms with Crippen LogP contribution in [-0.4, -0.2) is 28.9 Å². The van der Waals surface area contributed by atoms with Gasteiger partial charge in [0, 0.05) is 29.8 Å². The number of halogens is 1. The molecule has 2 aromatic heterocycles. The number of pyridine rings is 1. The van der Waals surface area contributed by atoms with Crippen LogP contribution in [0.5, 0.6) is 11.5 Å². The molecule has 0 spiro atoms. The van der Waals surface area contributed by atoms with Crippen molar-refractivity contribution in [1.29, 1.82) is 0 Å². The summed E-state index contributed by atoms with van der Waals surface area (Å²) in [5, 5.41) is 4.00. The SMILES string of the molecule is COc1ccc(OC)c(N2C(=S)N[C@H](c3ccccn3)[C@H]2c2cccn2-c2ccc(F)cc2)c1. The zero-order valence-corrected chi connectivity index (χ0v) is 19.5. The first kappa shape index (κ1) is 21.9. The van der Waals surface area contributed by atoms with Gasteiger partial charge < -0.3 is 24.3 Å². The maximum absolute atomic E-state index is 13.6. The quantitative estimate of drug-likeness (QED) is 0.388. The fourth-order valence-electron chi connectivity index (χ4n) is 4.37. The third kappa shape index (κ3) is 3.86. The van der Waals surface area contributed by atoms with Gasteiger partial charge in [0.25, 0.3) is 0 Å². The van der Waals surface area contributed by atoms with E-state index in [1.54, 1.807) is 32.5 Å². The summed E-state index contributed by atoms with van der Waals surface area (Å²) in [6.07, 6.45) is 3.73. The highest BCUT2D eigenvalue weighted by Crippen LogP contribution is 2.46. The van der Waals surface area contributed by atoms with Crippen molar-refractivity contribution in [2.45, 2.75) is 12.1 Å². The van der Waals surface area contributed by atoms with Crippen molar-refractivity contribution in [3.05, 3.63) is 102 Å². The molecule has 172 valence electrons. The highest BCUT2D eigenvalue weighted by Gasteiger charge is 2.43. The average Bonchev–Trinajstić information content (AvgIpc) is 3.49. The van der Waals surface area contributed by atoms with Gasteiger partial charge in [-0.2, -0.15) is 0 Å². The molecular weight excluding hydrogens is 451 g/mol. The molecule has 1 aliphatic heterocycles. The zero-order chi connectivity index (χ0) is 23.7.